The first-order chi connectivity index (χ1) is 11.0. The van der Waals surface area contributed by atoms with Gasteiger partial charge in [-0.15, -0.1) is 0 Å². The Bertz CT molecular complexity index is 777. The summed E-state index contributed by atoms with van der Waals surface area (Å²) in [5, 5.41) is 2.50. The lowest BCUT2D eigenvalue weighted by Crippen LogP contribution is -2.31. The topological polar surface area (TPSA) is 58.4 Å². The fourth-order valence-corrected chi connectivity index (χ4v) is 2.85. The van der Waals surface area contributed by atoms with Gasteiger partial charge in [-0.1, -0.05) is 6.07 Å². The molecule has 1 heterocycles. The second-order valence-electron chi connectivity index (χ2n) is 5.63. The summed E-state index contributed by atoms with van der Waals surface area (Å²) in [6, 6.07) is 7.86. The number of fused-ring (bicyclic) bond motifs is 1. The van der Waals surface area contributed by atoms with Crippen molar-refractivity contribution in [2.75, 3.05) is 22.5 Å². The van der Waals surface area contributed by atoms with E-state index in [1.807, 2.05) is 4.90 Å². The monoisotopic (exact) mass is 317 g/mol. The fraction of sp³-hybridized carbons (Fsp3) is 0.235. The number of benzene rings is 2. The van der Waals surface area contributed by atoms with Crippen LogP contribution in [-0.2, 0) is 17.8 Å². The van der Waals surface area contributed by atoms with Gasteiger partial charge in [0.25, 0.3) is 0 Å². The highest BCUT2D eigenvalue weighted by Crippen LogP contribution is 2.33. The molecule has 0 fully saturated rings. The Morgan fingerprint density at radius 2 is 2.00 bits per heavy atom. The SMILES string of the molecule is CC(=O)Nc1ccc(N2CCc3cc(F)ccc3C2)c(F)c1N. The van der Waals surface area contributed by atoms with E-state index in [2.05, 4.69) is 5.32 Å². The average molecular weight is 317 g/mol. The van der Waals surface area contributed by atoms with Crippen LogP contribution in [-0.4, -0.2) is 12.5 Å². The summed E-state index contributed by atoms with van der Waals surface area (Å²) in [6.45, 7) is 2.41. The van der Waals surface area contributed by atoms with Gasteiger partial charge in [-0.05, 0) is 41.8 Å². The molecule has 0 bridgehead atoms. The van der Waals surface area contributed by atoms with Crippen molar-refractivity contribution in [1.29, 1.82) is 0 Å². The van der Waals surface area contributed by atoms with Crippen molar-refractivity contribution in [1.82, 2.24) is 0 Å². The summed E-state index contributed by atoms with van der Waals surface area (Å²) >= 11 is 0. The van der Waals surface area contributed by atoms with Crippen LogP contribution in [0.4, 0.5) is 25.8 Å². The molecule has 0 unspecified atom stereocenters. The van der Waals surface area contributed by atoms with Crippen LogP contribution in [0.3, 0.4) is 0 Å². The highest BCUT2D eigenvalue weighted by molar-refractivity contribution is 5.93. The third-order valence-corrected chi connectivity index (χ3v) is 3.99. The van der Waals surface area contributed by atoms with Crippen molar-refractivity contribution in [2.24, 2.45) is 0 Å². The number of anilines is 3. The lowest BCUT2D eigenvalue weighted by Gasteiger charge is -2.31. The number of amides is 1. The summed E-state index contributed by atoms with van der Waals surface area (Å²) in [5.74, 6) is -1.12. The Balaban J connectivity index is 1.90. The minimum Gasteiger partial charge on any atom is -0.395 e. The molecule has 4 nitrogen and oxygen atoms in total. The number of carbonyl (C=O) groups excluding carboxylic acids is 1. The van der Waals surface area contributed by atoms with Gasteiger partial charge in [0.1, 0.15) is 5.82 Å². The van der Waals surface area contributed by atoms with E-state index in [0.717, 1.165) is 11.1 Å². The van der Waals surface area contributed by atoms with Gasteiger partial charge in [0.15, 0.2) is 5.82 Å². The molecule has 6 heteroatoms. The van der Waals surface area contributed by atoms with Crippen molar-refractivity contribution in [2.45, 2.75) is 19.9 Å². The molecule has 120 valence electrons. The lowest BCUT2D eigenvalue weighted by atomic mass is 9.99. The van der Waals surface area contributed by atoms with Crippen LogP contribution in [0.15, 0.2) is 30.3 Å². The normalized spacial score (nSPS) is 13.6. The van der Waals surface area contributed by atoms with Crippen molar-refractivity contribution in [3.05, 3.63) is 53.1 Å². The molecule has 0 radical (unpaired) electrons. The van der Waals surface area contributed by atoms with Gasteiger partial charge >= 0.3 is 0 Å². The molecule has 1 aliphatic heterocycles. The molecular formula is C17H17F2N3O. The Morgan fingerprint density at radius 3 is 2.74 bits per heavy atom. The molecule has 2 aromatic rings. The number of nitrogens with two attached hydrogens (primary N) is 1. The quantitative estimate of drug-likeness (QED) is 0.837. The van der Waals surface area contributed by atoms with E-state index in [4.69, 9.17) is 5.73 Å². The smallest absolute Gasteiger partial charge is 0.221 e. The number of nitrogen functional groups attached to an aromatic ring is 1. The van der Waals surface area contributed by atoms with E-state index < -0.39 is 5.82 Å². The number of nitrogens with zero attached hydrogens (tertiary/aromatic N) is 1. The third kappa shape index (κ3) is 2.97. The number of hydrogen-bond donors (Lipinski definition) is 2. The van der Waals surface area contributed by atoms with E-state index in [-0.39, 0.29) is 23.1 Å². The molecule has 3 rings (SSSR count). The van der Waals surface area contributed by atoms with Crippen LogP contribution >= 0.6 is 0 Å². The standard InChI is InChI=1S/C17H17F2N3O/c1-10(23)21-14-4-5-15(16(19)17(14)20)22-7-6-11-8-13(18)3-2-12(11)9-22/h2-5,8H,6-7,9,20H2,1H3,(H,21,23). The maximum absolute atomic E-state index is 14.6. The Hall–Kier alpha value is -2.63. The third-order valence-electron chi connectivity index (χ3n) is 3.99. The highest BCUT2D eigenvalue weighted by Gasteiger charge is 2.21. The van der Waals surface area contributed by atoms with Crippen LogP contribution in [0.2, 0.25) is 0 Å². The average Bonchev–Trinajstić information content (AvgIpc) is 2.51. The predicted octanol–water partition coefficient (Wildman–Crippen LogP) is 3.07. The zero-order valence-corrected chi connectivity index (χ0v) is 12.7. The number of nitrogens with one attached hydrogen (secondary N) is 1. The summed E-state index contributed by atoms with van der Waals surface area (Å²) in [4.78, 5) is 13.0. The van der Waals surface area contributed by atoms with Gasteiger partial charge in [-0.2, -0.15) is 0 Å². The van der Waals surface area contributed by atoms with Crippen molar-refractivity contribution >= 4 is 23.0 Å². The zero-order valence-electron chi connectivity index (χ0n) is 12.7. The minimum atomic E-state index is -0.554. The van der Waals surface area contributed by atoms with E-state index in [0.29, 0.717) is 25.2 Å². The van der Waals surface area contributed by atoms with Gasteiger partial charge in [-0.25, -0.2) is 8.78 Å². The Morgan fingerprint density at radius 1 is 1.22 bits per heavy atom. The van der Waals surface area contributed by atoms with Gasteiger partial charge in [0.2, 0.25) is 5.91 Å². The zero-order chi connectivity index (χ0) is 16.6. The molecule has 3 N–H and O–H groups in total. The van der Waals surface area contributed by atoms with Crippen molar-refractivity contribution < 1.29 is 13.6 Å². The summed E-state index contributed by atoms with van der Waals surface area (Å²) in [5.41, 5.74) is 8.27. The Kier molecular flexibility index (Phi) is 3.90. The second-order valence-corrected chi connectivity index (χ2v) is 5.63. The van der Waals surface area contributed by atoms with Gasteiger partial charge in [0, 0.05) is 20.0 Å². The summed E-state index contributed by atoms with van der Waals surface area (Å²) in [6.07, 6.45) is 0.639. The minimum absolute atomic E-state index is 0.0809. The molecule has 0 saturated heterocycles. The number of hydrogen-bond acceptors (Lipinski definition) is 3. The van der Waals surface area contributed by atoms with Crippen LogP contribution in [0.5, 0.6) is 0 Å². The van der Waals surface area contributed by atoms with Crippen LogP contribution in [0.25, 0.3) is 0 Å². The maximum Gasteiger partial charge on any atom is 0.221 e. The molecule has 0 atom stereocenters. The molecule has 1 amide bonds. The van der Waals surface area contributed by atoms with Gasteiger partial charge in [-0.3, -0.25) is 4.79 Å². The van der Waals surface area contributed by atoms with E-state index in [1.165, 1.54) is 19.1 Å². The molecule has 2 aromatic carbocycles. The van der Waals surface area contributed by atoms with Crippen LogP contribution in [0, 0.1) is 11.6 Å². The van der Waals surface area contributed by atoms with Crippen LogP contribution in [0.1, 0.15) is 18.1 Å². The van der Waals surface area contributed by atoms with E-state index in [9.17, 15) is 13.6 Å². The predicted molar refractivity (Wildman–Crippen MR) is 86.3 cm³/mol. The molecule has 23 heavy (non-hydrogen) atoms. The van der Waals surface area contributed by atoms with Gasteiger partial charge in [0.05, 0.1) is 17.1 Å². The summed E-state index contributed by atoms with van der Waals surface area (Å²) in [7, 11) is 0. The molecule has 0 saturated carbocycles. The van der Waals surface area contributed by atoms with E-state index >= 15 is 0 Å². The first-order valence-corrected chi connectivity index (χ1v) is 7.33. The Labute approximate surface area is 132 Å². The molecule has 0 aromatic heterocycles. The highest BCUT2D eigenvalue weighted by atomic mass is 19.1. The van der Waals surface area contributed by atoms with E-state index in [1.54, 1.807) is 18.2 Å². The first-order valence-electron chi connectivity index (χ1n) is 7.33. The largest absolute Gasteiger partial charge is 0.395 e. The molecular weight excluding hydrogens is 300 g/mol. The van der Waals surface area contributed by atoms with Gasteiger partial charge < -0.3 is 16.0 Å². The number of rotatable bonds is 2. The van der Waals surface area contributed by atoms with Crippen molar-refractivity contribution in [3.8, 4) is 0 Å². The molecule has 1 aliphatic rings. The first kappa shape index (κ1) is 15.3. The van der Waals surface area contributed by atoms with Crippen molar-refractivity contribution in [3.63, 3.8) is 0 Å². The molecule has 0 aliphatic carbocycles. The lowest BCUT2D eigenvalue weighted by molar-refractivity contribution is -0.114. The maximum atomic E-state index is 14.6. The molecule has 0 spiro atoms. The number of carbonyl (C=O) groups is 1. The number of halogens is 2. The summed E-state index contributed by atoms with van der Waals surface area (Å²) < 4.78 is 27.8. The second kappa shape index (κ2) is 5.87. The van der Waals surface area contributed by atoms with Crippen LogP contribution < -0.4 is 16.0 Å². The fourth-order valence-electron chi connectivity index (χ4n) is 2.85.